The summed E-state index contributed by atoms with van der Waals surface area (Å²) in [6.45, 7) is 0.489. The first kappa shape index (κ1) is 14.3. The summed E-state index contributed by atoms with van der Waals surface area (Å²) in [4.78, 5) is 0. The Morgan fingerprint density at radius 1 is 1.44 bits per heavy atom. The van der Waals surface area contributed by atoms with Crippen LogP contribution in [0.5, 0.6) is 0 Å². The van der Waals surface area contributed by atoms with Gasteiger partial charge in [-0.2, -0.15) is 12.1 Å². The third-order valence-electron chi connectivity index (χ3n) is 2.60. The molecule has 16 heavy (non-hydrogen) atoms. The summed E-state index contributed by atoms with van der Waals surface area (Å²) in [6, 6.07) is 7.45. The predicted molar refractivity (Wildman–Crippen MR) is 61.2 cm³/mol. The summed E-state index contributed by atoms with van der Waals surface area (Å²) in [5.41, 5.74) is 0.803. The SMILES string of the molecule is Fc1cc[c-]c(COC2CCCC2)c1.[Zn+][Br]. The van der Waals surface area contributed by atoms with E-state index in [1.54, 1.807) is 6.07 Å². The second kappa shape index (κ2) is 8.33. The molecule has 1 aliphatic carbocycles. The van der Waals surface area contributed by atoms with Crippen molar-refractivity contribution in [1.29, 1.82) is 0 Å². The molecule has 0 saturated heterocycles. The fraction of sp³-hybridized carbons (Fsp3) is 0.500. The summed E-state index contributed by atoms with van der Waals surface area (Å²) < 4.78 is 18.4. The van der Waals surface area contributed by atoms with Crippen LogP contribution < -0.4 is 0 Å². The molecular formula is C12H14BrFOZn. The van der Waals surface area contributed by atoms with E-state index < -0.39 is 0 Å². The normalized spacial score (nSPS) is 15.8. The summed E-state index contributed by atoms with van der Waals surface area (Å²) in [5.74, 6) is -0.214. The molecule has 84 valence electrons. The van der Waals surface area contributed by atoms with Gasteiger partial charge in [0.15, 0.2) is 0 Å². The Bertz CT molecular complexity index is 303. The number of rotatable bonds is 3. The second-order valence-electron chi connectivity index (χ2n) is 3.75. The molecule has 1 saturated carbocycles. The van der Waals surface area contributed by atoms with E-state index in [4.69, 9.17) is 4.74 Å². The molecule has 0 bridgehead atoms. The summed E-state index contributed by atoms with van der Waals surface area (Å²) in [5, 5.41) is 0. The van der Waals surface area contributed by atoms with Gasteiger partial charge in [0.1, 0.15) is 0 Å². The van der Waals surface area contributed by atoms with Crippen molar-refractivity contribution in [2.45, 2.75) is 38.4 Å². The zero-order chi connectivity index (χ0) is 11.8. The van der Waals surface area contributed by atoms with Gasteiger partial charge in [0.05, 0.1) is 6.10 Å². The van der Waals surface area contributed by atoms with Crippen molar-refractivity contribution < 1.29 is 25.5 Å². The molecule has 0 amide bonds. The molecule has 4 heteroatoms. The molecular weight excluding hydrogens is 324 g/mol. The van der Waals surface area contributed by atoms with E-state index >= 15 is 0 Å². The monoisotopic (exact) mass is 336 g/mol. The van der Waals surface area contributed by atoms with Gasteiger partial charge in [-0.1, -0.05) is 12.8 Å². The van der Waals surface area contributed by atoms with Crippen LogP contribution in [0.1, 0.15) is 31.2 Å². The van der Waals surface area contributed by atoms with Gasteiger partial charge < -0.3 is 4.74 Å². The van der Waals surface area contributed by atoms with Gasteiger partial charge in [-0.3, -0.25) is 0 Å². The molecule has 0 aromatic heterocycles. The molecule has 0 heterocycles. The van der Waals surface area contributed by atoms with Crippen LogP contribution in [0.2, 0.25) is 0 Å². The first-order chi connectivity index (χ1) is 7.84. The van der Waals surface area contributed by atoms with Crippen LogP contribution in [-0.2, 0) is 27.7 Å². The minimum atomic E-state index is -0.214. The van der Waals surface area contributed by atoms with Crippen molar-refractivity contribution in [2.75, 3.05) is 0 Å². The molecule has 0 unspecified atom stereocenters. The van der Waals surface area contributed by atoms with Gasteiger partial charge in [-0.25, -0.2) is 4.39 Å². The van der Waals surface area contributed by atoms with E-state index in [9.17, 15) is 4.39 Å². The van der Waals surface area contributed by atoms with Crippen LogP contribution in [0, 0.1) is 11.9 Å². The first-order valence-electron chi connectivity index (χ1n) is 5.39. The number of hydrogen-bond donors (Lipinski definition) is 0. The fourth-order valence-electron chi connectivity index (χ4n) is 1.83. The Kier molecular flexibility index (Phi) is 7.43. The predicted octanol–water partition coefficient (Wildman–Crippen LogP) is 3.93. The van der Waals surface area contributed by atoms with E-state index in [-0.39, 0.29) is 5.82 Å². The Hall–Kier alpha value is 0.213. The van der Waals surface area contributed by atoms with Gasteiger partial charge in [0.2, 0.25) is 0 Å². The van der Waals surface area contributed by atoms with Crippen molar-refractivity contribution in [3.8, 4) is 0 Å². The molecule has 1 aromatic rings. The number of halogens is 2. The van der Waals surface area contributed by atoms with Crippen LogP contribution >= 0.6 is 13.6 Å². The van der Waals surface area contributed by atoms with E-state index in [1.165, 1.54) is 41.3 Å². The molecule has 0 aliphatic heterocycles. The molecule has 0 N–H and O–H groups in total. The van der Waals surface area contributed by atoms with E-state index in [2.05, 4.69) is 19.7 Å². The van der Waals surface area contributed by atoms with E-state index in [0.29, 0.717) is 12.7 Å². The van der Waals surface area contributed by atoms with Crippen LogP contribution in [0.3, 0.4) is 0 Å². The average molecular weight is 339 g/mol. The Labute approximate surface area is 113 Å². The summed E-state index contributed by atoms with van der Waals surface area (Å²) in [6.07, 6.45) is 5.20. The molecule has 1 fully saturated rings. The summed E-state index contributed by atoms with van der Waals surface area (Å²) >= 11 is 4.25. The maximum absolute atomic E-state index is 12.8. The van der Waals surface area contributed by atoms with Gasteiger partial charge >= 0.3 is 30.0 Å². The van der Waals surface area contributed by atoms with Crippen LogP contribution in [-0.4, -0.2) is 6.10 Å². The first-order valence-corrected chi connectivity index (χ1v) is 12.3. The number of benzene rings is 1. The quantitative estimate of drug-likeness (QED) is 0.599. The Balaban J connectivity index is 0.000000606. The third-order valence-corrected chi connectivity index (χ3v) is 2.60. The Morgan fingerprint density at radius 3 is 2.75 bits per heavy atom. The van der Waals surface area contributed by atoms with Crippen molar-refractivity contribution in [2.24, 2.45) is 0 Å². The number of ether oxygens (including phenoxy) is 1. The molecule has 0 atom stereocenters. The molecule has 0 radical (unpaired) electrons. The molecule has 1 aromatic carbocycles. The van der Waals surface area contributed by atoms with E-state index in [1.807, 2.05) is 0 Å². The van der Waals surface area contributed by atoms with Crippen LogP contribution in [0.4, 0.5) is 4.39 Å². The van der Waals surface area contributed by atoms with Gasteiger partial charge in [-0.05, 0) is 12.8 Å². The molecule has 2 rings (SSSR count). The fourth-order valence-corrected chi connectivity index (χ4v) is 1.83. The van der Waals surface area contributed by atoms with Gasteiger partial charge in [-0.15, -0.1) is 17.7 Å². The van der Waals surface area contributed by atoms with Gasteiger partial charge in [0, 0.05) is 12.4 Å². The summed E-state index contributed by atoms with van der Waals surface area (Å²) in [7, 11) is 0. The molecule has 1 nitrogen and oxygen atoms in total. The van der Waals surface area contributed by atoms with Gasteiger partial charge in [0.25, 0.3) is 0 Å². The topological polar surface area (TPSA) is 9.23 Å². The number of hydrogen-bond acceptors (Lipinski definition) is 1. The molecule has 0 spiro atoms. The maximum atomic E-state index is 12.8. The van der Waals surface area contributed by atoms with E-state index in [0.717, 1.165) is 18.4 Å². The third kappa shape index (κ3) is 5.03. The zero-order valence-corrected chi connectivity index (χ0v) is 13.8. The van der Waals surface area contributed by atoms with Crippen molar-refractivity contribution in [3.05, 3.63) is 35.6 Å². The Morgan fingerprint density at radius 2 is 2.12 bits per heavy atom. The van der Waals surface area contributed by atoms with Crippen molar-refractivity contribution in [3.63, 3.8) is 0 Å². The molecule has 1 aliphatic rings. The van der Waals surface area contributed by atoms with Crippen LogP contribution in [0.15, 0.2) is 18.2 Å². The van der Waals surface area contributed by atoms with Crippen molar-refractivity contribution in [1.82, 2.24) is 0 Å². The van der Waals surface area contributed by atoms with Crippen molar-refractivity contribution >= 4 is 13.6 Å². The van der Waals surface area contributed by atoms with Crippen LogP contribution in [0.25, 0.3) is 0 Å². The zero-order valence-electron chi connectivity index (χ0n) is 9.22. The minimum absolute atomic E-state index is 0.214. The average Bonchev–Trinajstić information content (AvgIpc) is 2.82. The standard InChI is InChI=1S/C12H14FO.BrH.Zn/c13-11-5-3-4-10(8-11)9-14-12-6-1-2-7-12;;/h3,5,8,12H,1-2,6-7,9H2;1H;/q-1;;+2/p-1. The second-order valence-corrected chi connectivity index (χ2v) is 3.75.